The lowest BCUT2D eigenvalue weighted by molar-refractivity contribution is 0.382. The third-order valence-electron chi connectivity index (χ3n) is 5.86. The fourth-order valence-electron chi connectivity index (χ4n) is 4.06. The molecular weight excluding hydrogens is 457 g/mol. The number of hydrogen-bond donors (Lipinski definition) is 0. The first-order chi connectivity index (χ1) is 14.8. The summed E-state index contributed by atoms with van der Waals surface area (Å²) in [4.78, 5) is 13.9. The number of piperazine rings is 1. The van der Waals surface area contributed by atoms with Crippen LogP contribution in [0.1, 0.15) is 30.5 Å². The quantitative estimate of drug-likeness (QED) is 0.656. The van der Waals surface area contributed by atoms with Crippen LogP contribution in [0.4, 0.5) is 11.8 Å². The van der Waals surface area contributed by atoms with E-state index in [-0.39, 0.29) is 9.92 Å². The Bertz CT molecular complexity index is 1070. The number of anilines is 2. The third-order valence-corrected chi connectivity index (χ3v) is 8.63. The minimum atomic E-state index is -3.70. The van der Waals surface area contributed by atoms with Crippen molar-refractivity contribution in [3.05, 3.63) is 39.5 Å². The van der Waals surface area contributed by atoms with E-state index in [1.807, 2.05) is 13.0 Å². The van der Waals surface area contributed by atoms with E-state index in [2.05, 4.69) is 14.8 Å². The molecule has 0 atom stereocenters. The van der Waals surface area contributed by atoms with Crippen molar-refractivity contribution >= 4 is 45.0 Å². The van der Waals surface area contributed by atoms with Gasteiger partial charge in [0.05, 0.1) is 5.02 Å². The van der Waals surface area contributed by atoms with Gasteiger partial charge in [0.1, 0.15) is 10.7 Å². The van der Waals surface area contributed by atoms with Crippen LogP contribution in [-0.2, 0) is 10.0 Å². The van der Waals surface area contributed by atoms with Crippen LogP contribution in [0.15, 0.2) is 23.1 Å². The maximum absolute atomic E-state index is 13.2. The first kappa shape index (κ1) is 22.6. The van der Waals surface area contributed by atoms with Gasteiger partial charge in [0.25, 0.3) is 0 Å². The topological polar surface area (TPSA) is 69.6 Å². The van der Waals surface area contributed by atoms with Gasteiger partial charge < -0.3 is 9.80 Å². The average molecular weight is 484 g/mol. The molecule has 2 aromatic rings. The number of halogens is 2. The number of hydrogen-bond acceptors (Lipinski definition) is 6. The molecule has 2 aliphatic rings. The van der Waals surface area contributed by atoms with Gasteiger partial charge in [-0.05, 0) is 50.8 Å². The molecule has 1 aromatic carbocycles. The van der Waals surface area contributed by atoms with Crippen molar-refractivity contribution in [2.24, 2.45) is 0 Å². The summed E-state index contributed by atoms with van der Waals surface area (Å²) < 4.78 is 27.8. The number of sulfonamides is 1. The molecule has 0 N–H and O–H groups in total. The summed E-state index contributed by atoms with van der Waals surface area (Å²) in [5, 5.41) is 0.598. The van der Waals surface area contributed by atoms with Gasteiger partial charge in [0.2, 0.25) is 16.0 Å². The number of rotatable bonds is 4. The smallest absolute Gasteiger partial charge is 0.244 e. The number of nitrogens with zero attached hydrogens (tertiary/aromatic N) is 5. The fourth-order valence-corrected chi connectivity index (χ4v) is 6.29. The molecule has 2 fully saturated rings. The molecular formula is C21H27Cl2N5O2S. The van der Waals surface area contributed by atoms with Crippen molar-refractivity contribution in [3.8, 4) is 0 Å². The van der Waals surface area contributed by atoms with Crippen LogP contribution in [0, 0.1) is 13.8 Å². The Labute approximate surface area is 194 Å². The van der Waals surface area contributed by atoms with Crippen molar-refractivity contribution in [2.75, 3.05) is 49.1 Å². The van der Waals surface area contributed by atoms with Crippen molar-refractivity contribution in [1.82, 2.24) is 14.3 Å². The van der Waals surface area contributed by atoms with E-state index in [0.717, 1.165) is 24.6 Å². The molecule has 3 heterocycles. The molecule has 0 saturated carbocycles. The molecule has 0 bridgehead atoms. The predicted molar refractivity (Wildman–Crippen MR) is 125 cm³/mol. The van der Waals surface area contributed by atoms with Crippen LogP contribution in [0.2, 0.25) is 10.0 Å². The summed E-state index contributed by atoms with van der Waals surface area (Å²) in [5.41, 5.74) is 1.60. The van der Waals surface area contributed by atoms with Gasteiger partial charge in [-0.25, -0.2) is 13.4 Å². The largest absolute Gasteiger partial charge is 0.356 e. The van der Waals surface area contributed by atoms with Crippen LogP contribution < -0.4 is 9.80 Å². The Morgan fingerprint density at radius 1 is 0.806 bits per heavy atom. The molecule has 0 spiro atoms. The molecule has 0 amide bonds. The van der Waals surface area contributed by atoms with Gasteiger partial charge in [-0.2, -0.15) is 9.29 Å². The van der Waals surface area contributed by atoms with Crippen molar-refractivity contribution in [1.29, 1.82) is 0 Å². The second kappa shape index (κ2) is 9.10. The van der Waals surface area contributed by atoms with E-state index in [4.69, 9.17) is 28.2 Å². The zero-order valence-electron chi connectivity index (χ0n) is 17.8. The molecule has 4 rings (SSSR count). The molecule has 2 aliphatic heterocycles. The summed E-state index contributed by atoms with van der Waals surface area (Å²) in [6.45, 7) is 7.51. The highest BCUT2D eigenvalue weighted by Crippen LogP contribution is 2.31. The van der Waals surface area contributed by atoms with E-state index in [1.54, 1.807) is 13.0 Å². The van der Waals surface area contributed by atoms with Gasteiger partial charge in [-0.1, -0.05) is 23.2 Å². The molecule has 2 saturated heterocycles. The van der Waals surface area contributed by atoms with Crippen molar-refractivity contribution in [3.63, 3.8) is 0 Å². The van der Waals surface area contributed by atoms with Crippen LogP contribution in [0.25, 0.3) is 0 Å². The second-order valence-corrected chi connectivity index (χ2v) is 10.9. The monoisotopic (exact) mass is 483 g/mol. The van der Waals surface area contributed by atoms with E-state index in [9.17, 15) is 8.42 Å². The SMILES string of the molecule is Cc1cc(N2CCCCC2)nc(N2CCN(S(=O)(=O)c3cc(C)c(Cl)cc3Cl)CC2)n1. The van der Waals surface area contributed by atoms with Crippen molar-refractivity contribution in [2.45, 2.75) is 38.0 Å². The lowest BCUT2D eigenvalue weighted by atomic mass is 10.1. The Kier molecular flexibility index (Phi) is 6.62. The highest BCUT2D eigenvalue weighted by atomic mass is 35.5. The third kappa shape index (κ3) is 4.77. The van der Waals surface area contributed by atoms with Crippen LogP contribution in [0.5, 0.6) is 0 Å². The molecule has 1 aromatic heterocycles. The summed E-state index contributed by atoms with van der Waals surface area (Å²) in [7, 11) is -3.70. The van der Waals surface area contributed by atoms with E-state index >= 15 is 0 Å². The summed E-state index contributed by atoms with van der Waals surface area (Å²) in [6.07, 6.45) is 3.63. The lowest BCUT2D eigenvalue weighted by Crippen LogP contribution is -2.49. The maximum Gasteiger partial charge on any atom is 0.244 e. The zero-order chi connectivity index (χ0) is 22.2. The second-order valence-electron chi connectivity index (χ2n) is 8.14. The molecule has 0 aliphatic carbocycles. The fraction of sp³-hybridized carbons (Fsp3) is 0.524. The molecule has 7 nitrogen and oxygen atoms in total. The number of aryl methyl sites for hydroxylation is 2. The van der Waals surface area contributed by atoms with Crippen molar-refractivity contribution < 1.29 is 8.42 Å². The number of aromatic nitrogens is 2. The van der Waals surface area contributed by atoms with E-state index < -0.39 is 10.0 Å². The van der Waals surface area contributed by atoms with E-state index in [1.165, 1.54) is 29.6 Å². The molecule has 0 unspecified atom stereocenters. The van der Waals surface area contributed by atoms with Gasteiger partial charge >= 0.3 is 0 Å². The van der Waals surface area contributed by atoms with Crippen LogP contribution in [-0.4, -0.2) is 62.0 Å². The molecule has 10 heteroatoms. The van der Waals surface area contributed by atoms with Gasteiger partial charge in [-0.3, -0.25) is 0 Å². The Morgan fingerprint density at radius 3 is 2.16 bits per heavy atom. The highest BCUT2D eigenvalue weighted by Gasteiger charge is 2.31. The minimum Gasteiger partial charge on any atom is -0.356 e. The molecule has 31 heavy (non-hydrogen) atoms. The summed E-state index contributed by atoms with van der Waals surface area (Å²) in [5.74, 6) is 1.62. The Hall–Kier alpha value is -1.61. The van der Waals surface area contributed by atoms with Gasteiger partial charge in [0, 0.05) is 56.1 Å². The van der Waals surface area contributed by atoms with E-state index in [0.29, 0.717) is 42.7 Å². The van der Waals surface area contributed by atoms with Gasteiger partial charge in [-0.15, -0.1) is 0 Å². The molecule has 168 valence electrons. The minimum absolute atomic E-state index is 0.101. The summed E-state index contributed by atoms with van der Waals surface area (Å²) >= 11 is 12.3. The maximum atomic E-state index is 13.2. The summed E-state index contributed by atoms with van der Waals surface area (Å²) in [6, 6.07) is 5.06. The highest BCUT2D eigenvalue weighted by molar-refractivity contribution is 7.89. The number of piperidine rings is 1. The van der Waals surface area contributed by atoms with Crippen LogP contribution in [0.3, 0.4) is 0 Å². The van der Waals surface area contributed by atoms with Gasteiger partial charge in [0.15, 0.2) is 0 Å². The number of benzene rings is 1. The van der Waals surface area contributed by atoms with Crippen LogP contribution >= 0.6 is 23.2 Å². The predicted octanol–water partition coefficient (Wildman–Crippen LogP) is 3.90. The first-order valence-corrected chi connectivity index (χ1v) is 12.8. The average Bonchev–Trinajstić information content (AvgIpc) is 2.76. The zero-order valence-corrected chi connectivity index (χ0v) is 20.1. The Balaban J connectivity index is 1.50. The lowest BCUT2D eigenvalue weighted by Gasteiger charge is -2.35. The first-order valence-electron chi connectivity index (χ1n) is 10.6. The molecule has 0 radical (unpaired) electrons. The standard InChI is InChI=1S/C21H27Cl2N5O2S/c1-15-12-19(18(23)14-17(15)22)31(29,30)28-10-8-27(9-11-28)21-24-16(2)13-20(25-21)26-6-4-3-5-7-26/h12-14H,3-11H2,1-2H3. The normalized spacial score (nSPS) is 18.5. The Morgan fingerprint density at radius 2 is 1.48 bits per heavy atom.